The Morgan fingerprint density at radius 1 is 1.38 bits per heavy atom. The van der Waals surface area contributed by atoms with Crippen molar-refractivity contribution < 1.29 is 0 Å². The Morgan fingerprint density at radius 2 is 2.31 bits per heavy atom. The van der Waals surface area contributed by atoms with Gasteiger partial charge in [0.25, 0.3) is 0 Å². The van der Waals surface area contributed by atoms with E-state index in [2.05, 4.69) is 15.2 Å². The second-order valence-corrected chi connectivity index (χ2v) is 3.41. The highest BCUT2D eigenvalue weighted by atomic mass is 32.1. The molecule has 0 saturated heterocycles. The summed E-state index contributed by atoms with van der Waals surface area (Å²) in [5.74, 6) is 0. The van der Waals surface area contributed by atoms with Crippen LogP contribution < -0.4 is 5.73 Å². The maximum atomic E-state index is 5.49. The molecular formula is C8H8N4S. The van der Waals surface area contributed by atoms with Gasteiger partial charge < -0.3 is 5.73 Å². The third-order valence-corrected chi connectivity index (χ3v) is 2.43. The smallest absolute Gasteiger partial charge is 0.105 e. The summed E-state index contributed by atoms with van der Waals surface area (Å²) in [7, 11) is 0. The van der Waals surface area contributed by atoms with Crippen molar-refractivity contribution in [1.82, 2.24) is 15.2 Å². The minimum Gasteiger partial charge on any atom is -0.326 e. The monoisotopic (exact) mass is 192 g/mol. The molecule has 0 atom stereocenters. The molecule has 0 saturated carbocycles. The van der Waals surface area contributed by atoms with E-state index in [9.17, 15) is 0 Å². The molecule has 13 heavy (non-hydrogen) atoms. The Bertz CT molecular complexity index is 385. The summed E-state index contributed by atoms with van der Waals surface area (Å²) in [5, 5.41) is 7.86. The Balaban J connectivity index is 2.41. The largest absolute Gasteiger partial charge is 0.326 e. The second kappa shape index (κ2) is 3.59. The summed E-state index contributed by atoms with van der Waals surface area (Å²) in [6, 6.07) is 1.93. The number of rotatable bonds is 2. The molecule has 0 aliphatic rings. The van der Waals surface area contributed by atoms with Crippen LogP contribution in [0.25, 0.3) is 10.6 Å². The van der Waals surface area contributed by atoms with Crippen molar-refractivity contribution in [3.63, 3.8) is 0 Å². The third kappa shape index (κ3) is 1.71. The lowest BCUT2D eigenvalue weighted by Gasteiger charge is -1.97. The number of aromatic nitrogens is 3. The van der Waals surface area contributed by atoms with Crippen LogP contribution in [0.5, 0.6) is 0 Å². The van der Waals surface area contributed by atoms with Gasteiger partial charge in [0.2, 0.25) is 0 Å². The fraction of sp³-hybridized carbons (Fsp3) is 0.125. The molecule has 0 aliphatic carbocycles. The van der Waals surface area contributed by atoms with Crippen molar-refractivity contribution >= 4 is 11.3 Å². The van der Waals surface area contributed by atoms with Crippen molar-refractivity contribution in [2.24, 2.45) is 5.73 Å². The van der Waals surface area contributed by atoms with Crippen LogP contribution >= 0.6 is 11.3 Å². The number of hydrogen-bond acceptors (Lipinski definition) is 5. The van der Waals surface area contributed by atoms with Crippen LogP contribution in [0.1, 0.15) is 5.56 Å². The Labute approximate surface area is 79.5 Å². The molecule has 4 nitrogen and oxygen atoms in total. The fourth-order valence-corrected chi connectivity index (χ4v) is 1.56. The molecule has 2 aromatic rings. The van der Waals surface area contributed by atoms with Crippen LogP contribution in [0, 0.1) is 0 Å². The first kappa shape index (κ1) is 8.28. The number of thiazole rings is 1. The molecule has 0 aromatic carbocycles. The van der Waals surface area contributed by atoms with E-state index in [1.54, 1.807) is 29.2 Å². The standard InChI is InChI=1S/C8H8N4S/c9-2-6-1-7(12-11-3-6)8-4-10-5-13-8/h1,3-5H,2,9H2. The zero-order valence-electron chi connectivity index (χ0n) is 6.84. The van der Waals surface area contributed by atoms with E-state index in [0.717, 1.165) is 16.1 Å². The second-order valence-electron chi connectivity index (χ2n) is 2.52. The average Bonchev–Trinajstić information content (AvgIpc) is 2.71. The van der Waals surface area contributed by atoms with Crippen LogP contribution in [0.15, 0.2) is 24.0 Å². The minimum absolute atomic E-state index is 0.487. The van der Waals surface area contributed by atoms with Gasteiger partial charge >= 0.3 is 0 Å². The first-order chi connectivity index (χ1) is 6.40. The number of nitrogens with zero attached hydrogens (tertiary/aromatic N) is 3. The van der Waals surface area contributed by atoms with Gasteiger partial charge in [-0.25, -0.2) is 0 Å². The molecule has 0 amide bonds. The van der Waals surface area contributed by atoms with Crippen LogP contribution in [0.2, 0.25) is 0 Å². The summed E-state index contributed by atoms with van der Waals surface area (Å²) < 4.78 is 0. The maximum absolute atomic E-state index is 5.49. The molecule has 2 aromatic heterocycles. The topological polar surface area (TPSA) is 64.7 Å². The summed E-state index contributed by atoms with van der Waals surface area (Å²) >= 11 is 1.54. The molecule has 2 rings (SSSR count). The van der Waals surface area contributed by atoms with E-state index in [0.29, 0.717) is 6.54 Å². The number of nitrogens with two attached hydrogens (primary N) is 1. The predicted octanol–water partition coefficient (Wildman–Crippen LogP) is 1.06. The zero-order valence-corrected chi connectivity index (χ0v) is 7.66. The lowest BCUT2D eigenvalue weighted by Crippen LogP contribution is -1.98. The SMILES string of the molecule is NCc1cnnc(-c2cncs2)c1. The molecule has 2 heterocycles. The van der Waals surface area contributed by atoms with Gasteiger partial charge in [0.05, 0.1) is 16.6 Å². The molecule has 0 bridgehead atoms. The van der Waals surface area contributed by atoms with Crippen molar-refractivity contribution in [2.75, 3.05) is 0 Å². The average molecular weight is 192 g/mol. The van der Waals surface area contributed by atoms with Gasteiger partial charge in [-0.2, -0.15) is 5.10 Å². The van der Waals surface area contributed by atoms with Gasteiger partial charge in [-0.05, 0) is 11.6 Å². The van der Waals surface area contributed by atoms with Crippen LogP contribution in [0.4, 0.5) is 0 Å². The zero-order chi connectivity index (χ0) is 9.10. The van der Waals surface area contributed by atoms with Crippen LogP contribution in [-0.4, -0.2) is 15.2 Å². The van der Waals surface area contributed by atoms with Gasteiger partial charge in [0.1, 0.15) is 5.69 Å². The highest BCUT2D eigenvalue weighted by Crippen LogP contribution is 2.20. The summed E-state index contributed by atoms with van der Waals surface area (Å²) in [4.78, 5) is 4.99. The van der Waals surface area contributed by atoms with Crippen LogP contribution in [-0.2, 0) is 6.54 Å². The van der Waals surface area contributed by atoms with Gasteiger partial charge in [-0.1, -0.05) is 0 Å². The van der Waals surface area contributed by atoms with E-state index >= 15 is 0 Å². The van der Waals surface area contributed by atoms with Gasteiger partial charge in [-0.15, -0.1) is 16.4 Å². The maximum Gasteiger partial charge on any atom is 0.105 e. The van der Waals surface area contributed by atoms with E-state index in [1.807, 2.05) is 6.07 Å². The third-order valence-electron chi connectivity index (χ3n) is 1.63. The molecule has 0 fully saturated rings. The van der Waals surface area contributed by atoms with Crippen molar-refractivity contribution in [3.8, 4) is 10.6 Å². The molecule has 0 unspecified atom stereocenters. The molecule has 0 spiro atoms. The van der Waals surface area contributed by atoms with Gasteiger partial charge in [0.15, 0.2) is 0 Å². The van der Waals surface area contributed by atoms with Crippen molar-refractivity contribution in [1.29, 1.82) is 0 Å². The van der Waals surface area contributed by atoms with Crippen molar-refractivity contribution in [2.45, 2.75) is 6.54 Å². The van der Waals surface area contributed by atoms with E-state index < -0.39 is 0 Å². The van der Waals surface area contributed by atoms with E-state index in [4.69, 9.17) is 5.73 Å². The lowest BCUT2D eigenvalue weighted by atomic mass is 10.2. The molecule has 0 radical (unpaired) electrons. The summed E-state index contributed by atoms with van der Waals surface area (Å²) in [5.41, 5.74) is 9.09. The molecular weight excluding hydrogens is 184 g/mol. The molecule has 66 valence electrons. The van der Waals surface area contributed by atoms with Crippen molar-refractivity contribution in [3.05, 3.63) is 29.5 Å². The first-order valence-electron chi connectivity index (χ1n) is 3.80. The molecule has 0 aliphatic heterocycles. The molecule has 5 heteroatoms. The minimum atomic E-state index is 0.487. The van der Waals surface area contributed by atoms with Crippen LogP contribution in [0.3, 0.4) is 0 Å². The lowest BCUT2D eigenvalue weighted by molar-refractivity contribution is 0.973. The Morgan fingerprint density at radius 3 is 3.00 bits per heavy atom. The summed E-state index contributed by atoms with van der Waals surface area (Å²) in [6.45, 7) is 0.487. The quantitative estimate of drug-likeness (QED) is 0.772. The fourth-order valence-electron chi connectivity index (χ4n) is 0.981. The Kier molecular flexibility index (Phi) is 2.29. The number of hydrogen-bond donors (Lipinski definition) is 1. The first-order valence-corrected chi connectivity index (χ1v) is 4.68. The normalized spacial score (nSPS) is 10.2. The predicted molar refractivity (Wildman–Crippen MR) is 51.0 cm³/mol. The highest BCUT2D eigenvalue weighted by Gasteiger charge is 2.01. The highest BCUT2D eigenvalue weighted by molar-refractivity contribution is 7.13. The summed E-state index contributed by atoms with van der Waals surface area (Å²) in [6.07, 6.45) is 3.44. The van der Waals surface area contributed by atoms with E-state index in [1.165, 1.54) is 0 Å². The Hall–Kier alpha value is -1.33. The van der Waals surface area contributed by atoms with Gasteiger partial charge in [-0.3, -0.25) is 4.98 Å². The van der Waals surface area contributed by atoms with Gasteiger partial charge in [0, 0.05) is 12.7 Å². The molecule has 2 N–H and O–H groups in total. The van der Waals surface area contributed by atoms with E-state index in [-0.39, 0.29) is 0 Å².